The second-order valence-corrected chi connectivity index (χ2v) is 3.19. The molecule has 1 aliphatic rings. The third-order valence-corrected chi connectivity index (χ3v) is 2.54. The molecule has 1 aliphatic carbocycles. The van der Waals surface area contributed by atoms with Crippen LogP contribution in [0.4, 0.5) is 0 Å². The lowest BCUT2D eigenvalue weighted by Crippen LogP contribution is -2.13. The van der Waals surface area contributed by atoms with Crippen LogP contribution in [0.15, 0.2) is 12.2 Å². The van der Waals surface area contributed by atoms with Crippen molar-refractivity contribution in [3.05, 3.63) is 12.2 Å². The molecule has 0 aliphatic heterocycles. The van der Waals surface area contributed by atoms with Crippen LogP contribution in [0.1, 0.15) is 19.8 Å². The molecule has 0 saturated carbocycles. The first-order valence-electron chi connectivity index (χ1n) is 3.62. The minimum absolute atomic E-state index is 0.738. The molecule has 2 atom stereocenters. The van der Waals surface area contributed by atoms with Gasteiger partial charge in [0.05, 0.1) is 0 Å². The molecule has 0 saturated heterocycles. The summed E-state index contributed by atoms with van der Waals surface area (Å²) in [6.07, 6.45) is 7.20. The smallest absolute Gasteiger partial charge is 0.00323 e. The van der Waals surface area contributed by atoms with Crippen molar-refractivity contribution in [2.24, 2.45) is 11.8 Å². The van der Waals surface area contributed by atoms with Crippen molar-refractivity contribution in [1.82, 2.24) is 0 Å². The fourth-order valence-corrected chi connectivity index (χ4v) is 1.76. The van der Waals surface area contributed by atoms with Crippen molar-refractivity contribution in [2.45, 2.75) is 19.8 Å². The maximum absolute atomic E-state index is 4.27. The van der Waals surface area contributed by atoms with Crippen LogP contribution in [-0.4, -0.2) is 5.75 Å². The van der Waals surface area contributed by atoms with Gasteiger partial charge in [-0.15, -0.1) is 0 Å². The van der Waals surface area contributed by atoms with E-state index in [0.717, 1.165) is 17.6 Å². The minimum atomic E-state index is 0.738. The first kappa shape index (κ1) is 7.20. The lowest BCUT2D eigenvalue weighted by Gasteiger charge is -2.21. The van der Waals surface area contributed by atoms with Crippen LogP contribution in [0.5, 0.6) is 0 Å². The maximum Gasteiger partial charge on any atom is -0.00323 e. The van der Waals surface area contributed by atoms with Crippen LogP contribution in [0, 0.1) is 11.8 Å². The fraction of sp³-hybridized carbons (Fsp3) is 0.750. The summed E-state index contributed by atoms with van der Waals surface area (Å²) in [5, 5.41) is 0. The van der Waals surface area contributed by atoms with E-state index in [2.05, 4.69) is 31.7 Å². The SMILES string of the molecule is C[C@H]1CCC=C[C@@H]1CS. The van der Waals surface area contributed by atoms with E-state index in [1.54, 1.807) is 0 Å². The van der Waals surface area contributed by atoms with Gasteiger partial charge in [-0.2, -0.15) is 12.6 Å². The van der Waals surface area contributed by atoms with Crippen LogP contribution in [0.2, 0.25) is 0 Å². The van der Waals surface area contributed by atoms with Crippen molar-refractivity contribution in [2.75, 3.05) is 5.75 Å². The van der Waals surface area contributed by atoms with Gasteiger partial charge < -0.3 is 0 Å². The molecule has 0 amide bonds. The summed E-state index contributed by atoms with van der Waals surface area (Å²) in [5.74, 6) is 2.60. The normalized spacial score (nSPS) is 34.9. The molecule has 1 heteroatoms. The third-order valence-electron chi connectivity index (χ3n) is 2.11. The Morgan fingerprint density at radius 3 is 2.89 bits per heavy atom. The molecule has 0 nitrogen and oxygen atoms in total. The molecule has 0 N–H and O–H groups in total. The third kappa shape index (κ3) is 1.75. The summed E-state index contributed by atoms with van der Waals surface area (Å²) >= 11 is 4.27. The van der Waals surface area contributed by atoms with Crippen LogP contribution in [0.25, 0.3) is 0 Å². The Balaban J connectivity index is 2.46. The van der Waals surface area contributed by atoms with Crippen LogP contribution >= 0.6 is 12.6 Å². The average Bonchev–Trinajstić information content (AvgIpc) is 1.89. The van der Waals surface area contributed by atoms with E-state index in [1.165, 1.54) is 12.8 Å². The Bertz CT molecular complexity index is 107. The van der Waals surface area contributed by atoms with Gasteiger partial charge in [0.25, 0.3) is 0 Å². The van der Waals surface area contributed by atoms with E-state index in [0.29, 0.717) is 0 Å². The summed E-state index contributed by atoms with van der Waals surface area (Å²) in [4.78, 5) is 0. The van der Waals surface area contributed by atoms with E-state index in [1.807, 2.05) is 0 Å². The first-order chi connectivity index (χ1) is 4.34. The first-order valence-corrected chi connectivity index (χ1v) is 4.25. The Hall–Kier alpha value is 0.0900. The van der Waals surface area contributed by atoms with E-state index in [-0.39, 0.29) is 0 Å². The van der Waals surface area contributed by atoms with Gasteiger partial charge in [0.1, 0.15) is 0 Å². The van der Waals surface area contributed by atoms with Crippen LogP contribution in [0.3, 0.4) is 0 Å². The monoisotopic (exact) mass is 142 g/mol. The average molecular weight is 142 g/mol. The van der Waals surface area contributed by atoms with Crippen molar-refractivity contribution in [1.29, 1.82) is 0 Å². The number of hydrogen-bond donors (Lipinski definition) is 1. The van der Waals surface area contributed by atoms with Gasteiger partial charge >= 0.3 is 0 Å². The summed E-state index contributed by atoms with van der Waals surface area (Å²) in [7, 11) is 0. The Labute approximate surface area is 62.8 Å². The molecule has 0 aromatic rings. The van der Waals surface area contributed by atoms with Gasteiger partial charge in [-0.3, -0.25) is 0 Å². The highest BCUT2D eigenvalue weighted by Gasteiger charge is 2.14. The number of rotatable bonds is 1. The molecule has 0 aromatic carbocycles. The summed E-state index contributed by atoms with van der Waals surface area (Å²) in [6.45, 7) is 2.31. The molecule has 0 unspecified atom stereocenters. The van der Waals surface area contributed by atoms with Gasteiger partial charge in [-0.1, -0.05) is 19.1 Å². The molecule has 0 radical (unpaired) electrons. The lowest BCUT2D eigenvalue weighted by molar-refractivity contribution is 0.419. The molecule has 1 rings (SSSR count). The predicted octanol–water partition coefficient (Wildman–Crippen LogP) is 2.52. The Morgan fingerprint density at radius 2 is 2.44 bits per heavy atom. The zero-order valence-corrected chi connectivity index (χ0v) is 6.77. The molecule has 9 heavy (non-hydrogen) atoms. The van der Waals surface area contributed by atoms with Gasteiger partial charge in [-0.25, -0.2) is 0 Å². The summed E-state index contributed by atoms with van der Waals surface area (Å²) in [5.41, 5.74) is 0. The highest BCUT2D eigenvalue weighted by atomic mass is 32.1. The topological polar surface area (TPSA) is 0 Å². The molecule has 0 heterocycles. The van der Waals surface area contributed by atoms with E-state index < -0.39 is 0 Å². The maximum atomic E-state index is 4.27. The summed E-state index contributed by atoms with van der Waals surface area (Å²) < 4.78 is 0. The van der Waals surface area contributed by atoms with Crippen molar-refractivity contribution >= 4 is 12.6 Å². The number of thiol groups is 1. The zero-order chi connectivity index (χ0) is 6.69. The van der Waals surface area contributed by atoms with Crippen molar-refractivity contribution < 1.29 is 0 Å². The van der Waals surface area contributed by atoms with Gasteiger partial charge in [0.15, 0.2) is 0 Å². The molecule has 52 valence electrons. The Kier molecular flexibility index (Phi) is 2.65. The van der Waals surface area contributed by atoms with Crippen LogP contribution in [-0.2, 0) is 0 Å². The zero-order valence-electron chi connectivity index (χ0n) is 5.88. The number of hydrogen-bond acceptors (Lipinski definition) is 1. The fourth-order valence-electron chi connectivity index (χ4n) is 1.27. The second kappa shape index (κ2) is 3.31. The molecular weight excluding hydrogens is 128 g/mol. The van der Waals surface area contributed by atoms with Gasteiger partial charge in [0.2, 0.25) is 0 Å². The molecule has 0 fully saturated rings. The minimum Gasteiger partial charge on any atom is -0.179 e. The highest BCUT2D eigenvalue weighted by molar-refractivity contribution is 7.80. The van der Waals surface area contributed by atoms with Crippen molar-refractivity contribution in [3.63, 3.8) is 0 Å². The largest absolute Gasteiger partial charge is 0.179 e. The second-order valence-electron chi connectivity index (χ2n) is 2.83. The molecule has 0 spiro atoms. The predicted molar refractivity (Wildman–Crippen MR) is 44.9 cm³/mol. The van der Waals surface area contributed by atoms with E-state index >= 15 is 0 Å². The Morgan fingerprint density at radius 1 is 1.67 bits per heavy atom. The molecule has 0 bridgehead atoms. The molecular formula is C8H14S. The lowest BCUT2D eigenvalue weighted by atomic mass is 9.87. The van der Waals surface area contributed by atoms with E-state index in [4.69, 9.17) is 0 Å². The quantitative estimate of drug-likeness (QED) is 0.422. The number of allylic oxidation sites excluding steroid dienone is 2. The summed E-state index contributed by atoms with van der Waals surface area (Å²) in [6, 6.07) is 0. The van der Waals surface area contributed by atoms with Crippen molar-refractivity contribution in [3.8, 4) is 0 Å². The van der Waals surface area contributed by atoms with E-state index in [9.17, 15) is 0 Å². The standard InChI is InChI=1S/C8H14S/c1-7-4-2-3-5-8(7)6-9/h3,5,7-9H,2,4,6H2,1H3/t7-,8+/m0/s1. The van der Waals surface area contributed by atoms with Gasteiger partial charge in [-0.05, 0) is 30.4 Å². The highest BCUT2D eigenvalue weighted by Crippen LogP contribution is 2.24. The van der Waals surface area contributed by atoms with Crippen LogP contribution < -0.4 is 0 Å². The molecule has 0 aromatic heterocycles. The van der Waals surface area contributed by atoms with Gasteiger partial charge in [0, 0.05) is 0 Å².